The first-order valence-corrected chi connectivity index (χ1v) is 12.4. The fraction of sp³-hybridized carbons (Fsp3) is 0.290. The summed E-state index contributed by atoms with van der Waals surface area (Å²) in [6.07, 6.45) is 4.46. The Balaban J connectivity index is 2.10. The third-order valence-electron chi connectivity index (χ3n) is 5.79. The molecule has 2 aromatic carbocycles. The fourth-order valence-corrected chi connectivity index (χ4v) is 3.61. The van der Waals surface area contributed by atoms with Gasteiger partial charge in [-0.2, -0.15) is 13.2 Å². The first kappa shape index (κ1) is 31.1. The lowest BCUT2D eigenvalue weighted by Crippen LogP contribution is -2.13. The third-order valence-corrected chi connectivity index (χ3v) is 5.79. The van der Waals surface area contributed by atoms with Crippen molar-refractivity contribution in [2.75, 3.05) is 14.2 Å². The molecule has 0 aliphatic rings. The number of halogens is 3. The summed E-state index contributed by atoms with van der Waals surface area (Å²) < 4.78 is 49.6. The Morgan fingerprint density at radius 2 is 1.64 bits per heavy atom. The van der Waals surface area contributed by atoms with Gasteiger partial charge in [0, 0.05) is 19.7 Å². The van der Waals surface area contributed by atoms with Crippen molar-refractivity contribution in [3.05, 3.63) is 106 Å². The van der Waals surface area contributed by atoms with Crippen molar-refractivity contribution in [1.82, 2.24) is 0 Å². The van der Waals surface area contributed by atoms with Crippen LogP contribution < -0.4 is 15.2 Å². The van der Waals surface area contributed by atoms with Gasteiger partial charge in [-0.15, -0.1) is 0 Å². The van der Waals surface area contributed by atoms with Gasteiger partial charge in [-0.05, 0) is 85.4 Å². The summed E-state index contributed by atoms with van der Waals surface area (Å²) in [6, 6.07) is 10.4. The van der Waals surface area contributed by atoms with Gasteiger partial charge in [0.2, 0.25) is 0 Å². The number of allylic oxidation sites excluding steroid dienone is 6. The Hall–Kier alpha value is -4.07. The van der Waals surface area contributed by atoms with E-state index in [1.54, 1.807) is 19.3 Å². The zero-order chi connectivity index (χ0) is 29.0. The molecule has 0 amide bonds. The van der Waals surface area contributed by atoms with Crippen LogP contribution in [-0.4, -0.2) is 26.2 Å². The van der Waals surface area contributed by atoms with Gasteiger partial charge < -0.3 is 15.2 Å². The Bertz CT molecular complexity index is 1290. The number of hydrogen-bond acceptors (Lipinski definition) is 4. The summed E-state index contributed by atoms with van der Waals surface area (Å²) >= 11 is 0. The molecular weight excluding hydrogens is 503 g/mol. The summed E-state index contributed by atoms with van der Waals surface area (Å²) in [6.45, 7) is 9.93. The van der Waals surface area contributed by atoms with Crippen molar-refractivity contribution in [2.24, 2.45) is 15.7 Å². The molecule has 0 spiro atoms. The summed E-state index contributed by atoms with van der Waals surface area (Å²) in [7, 11) is 3.26. The van der Waals surface area contributed by atoms with E-state index in [1.807, 2.05) is 51.1 Å². The second-order valence-electron chi connectivity index (χ2n) is 8.76. The number of aryl methyl sites for hydroxylation is 1. The molecule has 2 N–H and O–H groups in total. The highest BCUT2D eigenvalue weighted by atomic mass is 19.4. The van der Waals surface area contributed by atoms with Gasteiger partial charge >= 0.3 is 6.18 Å². The van der Waals surface area contributed by atoms with Gasteiger partial charge in [-0.3, -0.25) is 4.99 Å². The molecule has 0 saturated heterocycles. The number of hydrogen-bond donors (Lipinski definition) is 1. The Kier molecular flexibility index (Phi) is 11.8. The van der Waals surface area contributed by atoms with E-state index in [0.29, 0.717) is 41.4 Å². The molecule has 39 heavy (non-hydrogen) atoms. The zero-order valence-corrected chi connectivity index (χ0v) is 23.1. The quantitative estimate of drug-likeness (QED) is 0.171. The van der Waals surface area contributed by atoms with Gasteiger partial charge in [0.25, 0.3) is 0 Å². The van der Waals surface area contributed by atoms with E-state index in [9.17, 15) is 13.2 Å². The van der Waals surface area contributed by atoms with Crippen LogP contribution in [-0.2, 0) is 19.2 Å². The molecule has 0 radical (unpaired) electrons. The zero-order valence-electron chi connectivity index (χ0n) is 23.1. The molecule has 5 nitrogen and oxygen atoms in total. The minimum atomic E-state index is -4.37. The van der Waals surface area contributed by atoms with Crippen LogP contribution >= 0.6 is 0 Å². The van der Waals surface area contributed by atoms with Crippen LogP contribution in [0.3, 0.4) is 0 Å². The third kappa shape index (κ3) is 9.63. The predicted octanol–water partition coefficient (Wildman–Crippen LogP) is 7.64. The highest BCUT2D eigenvalue weighted by molar-refractivity contribution is 5.86. The number of amidine groups is 1. The first-order valence-electron chi connectivity index (χ1n) is 12.4. The van der Waals surface area contributed by atoms with Crippen LogP contribution in [0.5, 0.6) is 11.5 Å². The summed E-state index contributed by atoms with van der Waals surface area (Å²) in [5, 5.41) is 0. The van der Waals surface area contributed by atoms with Crippen molar-refractivity contribution in [3.8, 4) is 11.5 Å². The molecule has 208 valence electrons. The minimum absolute atomic E-state index is 0.108. The molecule has 0 fully saturated rings. The topological polar surface area (TPSA) is 69.2 Å². The number of methoxy groups -OCH3 is 1. The number of ether oxygens (including phenoxy) is 2. The van der Waals surface area contributed by atoms with Gasteiger partial charge in [-0.25, -0.2) is 4.99 Å². The average molecular weight is 540 g/mol. The van der Waals surface area contributed by atoms with Crippen molar-refractivity contribution in [3.63, 3.8) is 0 Å². The molecule has 2 rings (SSSR count). The van der Waals surface area contributed by atoms with Crippen molar-refractivity contribution < 1.29 is 22.6 Å². The molecule has 0 aromatic heterocycles. The maximum Gasteiger partial charge on any atom is 0.416 e. The Morgan fingerprint density at radius 3 is 2.18 bits per heavy atom. The second kappa shape index (κ2) is 14.8. The summed E-state index contributed by atoms with van der Waals surface area (Å²) in [5.74, 6) is 1.48. The number of nitrogens with zero attached hydrogens (tertiary/aromatic N) is 2. The van der Waals surface area contributed by atoms with Crippen LogP contribution in [0.2, 0.25) is 0 Å². The van der Waals surface area contributed by atoms with E-state index in [0.717, 1.165) is 34.4 Å². The van der Waals surface area contributed by atoms with Crippen LogP contribution in [0, 0.1) is 0 Å². The van der Waals surface area contributed by atoms with E-state index in [4.69, 9.17) is 15.2 Å². The monoisotopic (exact) mass is 539 g/mol. The van der Waals surface area contributed by atoms with Crippen molar-refractivity contribution >= 4 is 12.1 Å². The molecule has 0 unspecified atom stereocenters. The molecular formula is C31H36F3N3O2. The predicted molar refractivity (Wildman–Crippen MR) is 154 cm³/mol. The lowest BCUT2D eigenvalue weighted by atomic mass is 10.0. The molecule has 0 atom stereocenters. The summed E-state index contributed by atoms with van der Waals surface area (Å²) in [5.41, 5.74) is 10.6. The van der Waals surface area contributed by atoms with Crippen molar-refractivity contribution in [1.29, 1.82) is 0 Å². The number of nitrogens with two attached hydrogens (primary N) is 1. The standard InChI is InChI=1S/C31H36F3N3O2/c1-7-24(25(8-2)19-36-5)18-27(21(3)4)37-30(35)16-12-22-11-15-28(29(17-22)38-6)39-20-23-9-13-26(14-10-23)31(32,33)34/h7-11,13-15,17-19H,3,12,16,20H2,1-2,4-6H3,(H2,35,37)/b24-7+,25-8+,27-18+,36-19?. The van der Waals surface area contributed by atoms with E-state index < -0.39 is 11.7 Å². The molecule has 8 heteroatoms. The van der Waals surface area contributed by atoms with Crippen LogP contribution in [0.1, 0.15) is 43.9 Å². The lowest BCUT2D eigenvalue weighted by Gasteiger charge is -2.13. The van der Waals surface area contributed by atoms with Gasteiger partial charge in [0.15, 0.2) is 11.5 Å². The molecule has 0 bridgehead atoms. The van der Waals surface area contributed by atoms with E-state index in [1.165, 1.54) is 19.2 Å². The molecule has 0 heterocycles. The molecule has 2 aromatic rings. The largest absolute Gasteiger partial charge is 0.493 e. The number of benzene rings is 2. The van der Waals surface area contributed by atoms with E-state index in [2.05, 4.69) is 16.6 Å². The molecule has 0 aliphatic carbocycles. The maximum atomic E-state index is 12.8. The smallest absolute Gasteiger partial charge is 0.416 e. The summed E-state index contributed by atoms with van der Waals surface area (Å²) in [4.78, 5) is 8.72. The van der Waals surface area contributed by atoms with Crippen LogP contribution in [0.4, 0.5) is 13.2 Å². The minimum Gasteiger partial charge on any atom is -0.493 e. The first-order chi connectivity index (χ1) is 18.5. The number of aliphatic imine (C=N–C) groups is 2. The highest BCUT2D eigenvalue weighted by Gasteiger charge is 2.29. The highest BCUT2D eigenvalue weighted by Crippen LogP contribution is 2.31. The Morgan fingerprint density at radius 1 is 1.00 bits per heavy atom. The SMILES string of the molecule is C=C(C)\C(=C/C(=C\C)C(/C=NC)=C/C)N=C(N)CCc1ccc(OCc2ccc(C(F)(F)F)cc2)c(OC)c1. The molecule has 0 aliphatic heterocycles. The van der Waals surface area contributed by atoms with Gasteiger partial charge in [-0.1, -0.05) is 36.9 Å². The van der Waals surface area contributed by atoms with Gasteiger partial charge in [0.1, 0.15) is 6.61 Å². The Labute approximate surface area is 229 Å². The lowest BCUT2D eigenvalue weighted by molar-refractivity contribution is -0.137. The average Bonchev–Trinajstić information content (AvgIpc) is 2.91. The van der Waals surface area contributed by atoms with E-state index in [-0.39, 0.29) is 6.61 Å². The number of rotatable bonds is 12. The normalized spacial score (nSPS) is 13.6. The van der Waals surface area contributed by atoms with Gasteiger partial charge in [0.05, 0.1) is 24.2 Å². The molecule has 0 saturated carbocycles. The maximum absolute atomic E-state index is 12.8. The van der Waals surface area contributed by atoms with E-state index >= 15 is 0 Å². The van der Waals surface area contributed by atoms with Crippen molar-refractivity contribution in [2.45, 2.75) is 46.4 Å². The number of alkyl halides is 3. The second-order valence-corrected chi connectivity index (χ2v) is 8.76. The fourth-order valence-electron chi connectivity index (χ4n) is 3.61. The van der Waals surface area contributed by atoms with Crippen LogP contribution in [0.25, 0.3) is 0 Å². The van der Waals surface area contributed by atoms with Crippen LogP contribution in [0.15, 0.2) is 99.7 Å².